The molecule has 1 aliphatic rings. The minimum Gasteiger partial charge on any atom is -0.394 e. The molecule has 0 unspecified atom stereocenters. The minimum atomic E-state index is -1.61. The van der Waals surface area contributed by atoms with E-state index in [1.165, 1.54) is 6.92 Å². The molecule has 0 aromatic heterocycles. The molecule has 1 heterocycles. The van der Waals surface area contributed by atoms with Gasteiger partial charge >= 0.3 is 0 Å². The molecule has 362 valence electrons. The van der Waals surface area contributed by atoms with Crippen molar-refractivity contribution in [3.8, 4) is 0 Å². The molecule has 0 saturated carbocycles. The number of aliphatic hydroxyl groups excluding tert-OH is 1. The molecule has 22 nitrogen and oxygen atoms in total. The normalized spacial score (nSPS) is 23.3. The molecule has 1 saturated heterocycles. The Bertz CT molecular complexity index is 1940. The number of aliphatic imine (C=N–C) groups is 1. The third-order valence-corrected chi connectivity index (χ3v) is 10.6. The van der Waals surface area contributed by atoms with Gasteiger partial charge in [-0.3, -0.25) is 43.3 Å². The van der Waals surface area contributed by atoms with Crippen LogP contribution < -0.4 is 65.5 Å². The molecule has 2 aromatic carbocycles. The number of amides is 8. The number of carbonyl (C=O) groups is 8. The van der Waals surface area contributed by atoms with Crippen LogP contribution in [0, 0.1) is 0 Å². The van der Waals surface area contributed by atoms with Gasteiger partial charge in [0.25, 0.3) is 0 Å². The van der Waals surface area contributed by atoms with E-state index in [1.54, 1.807) is 42.5 Å². The van der Waals surface area contributed by atoms with Crippen LogP contribution in [-0.2, 0) is 44.8 Å². The first-order valence-corrected chi connectivity index (χ1v) is 22.2. The number of nitrogens with one attached hydrogen (secondary N) is 8. The Morgan fingerprint density at radius 1 is 0.561 bits per heavy atom. The van der Waals surface area contributed by atoms with Crippen molar-refractivity contribution in [2.45, 2.75) is 113 Å². The third kappa shape index (κ3) is 18.8. The number of unbranched alkanes of at least 4 members (excludes halogenated alkanes) is 2. The van der Waals surface area contributed by atoms with E-state index in [4.69, 9.17) is 22.9 Å². The summed E-state index contributed by atoms with van der Waals surface area (Å²) in [6, 6.07) is 7.89. The SMILES string of the molecule is C[C@@H]1NC(=O)[C@H](CCc2ccccc2)NC(=O)[C@H](CO)NC(=O)[C@H](CCCCN)NC(=O)[C@H](CCCN=C(N)N)NC(=O)[C@H](CCCCN)NC(=O)CNC(=O)[C@H](c2ccccc2)NC1=O. The second-order valence-electron chi connectivity index (χ2n) is 15.9. The van der Waals surface area contributed by atoms with Gasteiger partial charge in [0.05, 0.1) is 13.2 Å². The van der Waals surface area contributed by atoms with E-state index < -0.39 is 103 Å². The lowest BCUT2D eigenvalue weighted by molar-refractivity contribution is -0.136. The summed E-state index contributed by atoms with van der Waals surface area (Å²) in [4.78, 5) is 114. The second kappa shape index (κ2) is 29.0. The molecular formula is C44H67N13O9. The Morgan fingerprint density at radius 3 is 1.56 bits per heavy atom. The van der Waals surface area contributed by atoms with Crippen molar-refractivity contribution in [1.82, 2.24) is 42.5 Å². The molecule has 0 aliphatic carbocycles. The number of nitrogens with zero attached hydrogens (tertiary/aromatic N) is 1. The van der Waals surface area contributed by atoms with Gasteiger partial charge < -0.3 is 70.6 Å². The fourth-order valence-corrected chi connectivity index (χ4v) is 6.91. The number of hydrogen-bond acceptors (Lipinski definition) is 12. The van der Waals surface area contributed by atoms with Crippen LogP contribution in [0.2, 0.25) is 0 Å². The highest BCUT2D eigenvalue weighted by atomic mass is 16.3. The summed E-state index contributed by atoms with van der Waals surface area (Å²) >= 11 is 0. The highest BCUT2D eigenvalue weighted by Gasteiger charge is 2.34. The zero-order valence-electron chi connectivity index (χ0n) is 37.4. The quantitative estimate of drug-likeness (QED) is 0.0424. The zero-order chi connectivity index (χ0) is 48.4. The lowest BCUT2D eigenvalue weighted by Gasteiger charge is -2.27. The predicted molar refractivity (Wildman–Crippen MR) is 245 cm³/mol. The molecule has 17 N–H and O–H groups in total. The van der Waals surface area contributed by atoms with Crippen molar-refractivity contribution in [3.63, 3.8) is 0 Å². The third-order valence-electron chi connectivity index (χ3n) is 10.6. The van der Waals surface area contributed by atoms with Gasteiger partial charge in [-0.15, -0.1) is 0 Å². The van der Waals surface area contributed by atoms with Crippen LogP contribution in [0.5, 0.6) is 0 Å². The first kappa shape index (κ1) is 53.7. The van der Waals surface area contributed by atoms with Crippen molar-refractivity contribution in [2.24, 2.45) is 27.9 Å². The molecule has 0 radical (unpaired) electrons. The number of aryl methyl sites for hydroxylation is 1. The fourth-order valence-electron chi connectivity index (χ4n) is 6.91. The van der Waals surface area contributed by atoms with Gasteiger partial charge in [-0.25, -0.2) is 0 Å². The first-order chi connectivity index (χ1) is 31.7. The fraction of sp³-hybridized carbons (Fsp3) is 0.523. The minimum absolute atomic E-state index is 0.0235. The molecule has 8 amide bonds. The molecule has 0 bridgehead atoms. The summed E-state index contributed by atoms with van der Waals surface area (Å²) in [5, 5.41) is 31.1. The monoisotopic (exact) mass is 922 g/mol. The molecule has 0 spiro atoms. The van der Waals surface area contributed by atoms with Crippen LogP contribution in [0.3, 0.4) is 0 Å². The van der Waals surface area contributed by atoms with Crippen LogP contribution in [-0.4, -0.2) is 127 Å². The number of hydrogen-bond donors (Lipinski definition) is 13. The van der Waals surface area contributed by atoms with Gasteiger partial charge in [0.1, 0.15) is 42.3 Å². The van der Waals surface area contributed by atoms with E-state index in [1.807, 2.05) is 18.2 Å². The van der Waals surface area contributed by atoms with Gasteiger partial charge in [0.2, 0.25) is 47.3 Å². The van der Waals surface area contributed by atoms with Gasteiger partial charge in [-0.1, -0.05) is 60.7 Å². The standard InChI is InChI=1S/C44H67N13O9/c1-27-37(60)57-36(29-15-6-3-7-16-29)43(66)50-25-35(59)52-30(17-8-10-22-45)39(62)54-32(19-12-24-49-44(47)48)40(63)53-31(18-9-11-23-46)41(64)56-34(26-58)42(65)55-33(38(61)51-27)21-20-28-13-4-2-5-14-28/h2-7,13-16,27,30-34,36,58H,8-12,17-26,45-46H2,1H3,(H,50,66)(H,51,61)(H,52,59)(H,53,63)(H,54,62)(H,55,65)(H,56,64)(H,57,60)(H4,47,48,49)/t27-,30-,31-,32-,33-,34-,36-/m0/s1. The van der Waals surface area contributed by atoms with E-state index in [-0.39, 0.29) is 51.2 Å². The van der Waals surface area contributed by atoms with E-state index in [9.17, 15) is 43.5 Å². The van der Waals surface area contributed by atoms with Gasteiger partial charge in [-0.05, 0) is 95.3 Å². The number of aliphatic hydroxyl groups is 1. The number of benzene rings is 2. The van der Waals surface area contributed by atoms with E-state index in [2.05, 4.69) is 47.5 Å². The summed E-state index contributed by atoms with van der Waals surface area (Å²) in [6.45, 7) is 0.501. The lowest BCUT2D eigenvalue weighted by atomic mass is 10.0. The van der Waals surface area contributed by atoms with Gasteiger partial charge in [-0.2, -0.15) is 0 Å². The largest absolute Gasteiger partial charge is 0.394 e. The maximum Gasteiger partial charge on any atom is 0.247 e. The molecule has 7 atom stereocenters. The number of carbonyl (C=O) groups excluding carboxylic acids is 8. The summed E-state index contributed by atoms with van der Waals surface area (Å²) in [6.07, 6.45) is 2.36. The van der Waals surface area contributed by atoms with E-state index in [0.29, 0.717) is 44.2 Å². The van der Waals surface area contributed by atoms with Crippen LogP contribution in [0.25, 0.3) is 0 Å². The topological polar surface area (TPSA) is 369 Å². The molecule has 1 fully saturated rings. The highest BCUT2D eigenvalue weighted by Crippen LogP contribution is 2.14. The molecule has 2 aromatic rings. The summed E-state index contributed by atoms with van der Waals surface area (Å²) < 4.78 is 0. The van der Waals surface area contributed by atoms with Crippen molar-refractivity contribution in [3.05, 3.63) is 71.8 Å². The molecule has 22 heteroatoms. The highest BCUT2D eigenvalue weighted by molar-refractivity contribution is 5.98. The smallest absolute Gasteiger partial charge is 0.247 e. The van der Waals surface area contributed by atoms with Crippen LogP contribution in [0.4, 0.5) is 0 Å². The zero-order valence-corrected chi connectivity index (χ0v) is 37.4. The number of guanidine groups is 1. The molecular weight excluding hydrogens is 855 g/mol. The predicted octanol–water partition coefficient (Wildman–Crippen LogP) is -3.16. The Balaban J connectivity index is 2.06. The lowest BCUT2D eigenvalue weighted by Crippen LogP contribution is -2.60. The Morgan fingerprint density at radius 2 is 1.03 bits per heavy atom. The van der Waals surface area contributed by atoms with Gasteiger partial charge in [0.15, 0.2) is 5.96 Å². The van der Waals surface area contributed by atoms with E-state index in [0.717, 1.165) is 5.56 Å². The van der Waals surface area contributed by atoms with Crippen molar-refractivity contribution < 1.29 is 43.5 Å². The van der Waals surface area contributed by atoms with Crippen molar-refractivity contribution >= 4 is 53.2 Å². The van der Waals surface area contributed by atoms with Crippen LogP contribution in [0.15, 0.2) is 65.7 Å². The average Bonchev–Trinajstić information content (AvgIpc) is 3.30. The molecule has 3 rings (SSSR count). The Hall–Kier alpha value is -6.65. The van der Waals surface area contributed by atoms with Crippen LogP contribution >= 0.6 is 0 Å². The van der Waals surface area contributed by atoms with Gasteiger partial charge in [0, 0.05) is 6.54 Å². The summed E-state index contributed by atoms with van der Waals surface area (Å²) in [5.41, 5.74) is 23.6. The maximum absolute atomic E-state index is 14.1. The van der Waals surface area contributed by atoms with E-state index >= 15 is 0 Å². The first-order valence-electron chi connectivity index (χ1n) is 22.2. The number of nitrogens with two attached hydrogens (primary N) is 4. The average molecular weight is 922 g/mol. The summed E-state index contributed by atoms with van der Waals surface area (Å²) in [7, 11) is 0. The number of rotatable bonds is 17. The van der Waals surface area contributed by atoms with Crippen LogP contribution in [0.1, 0.15) is 81.9 Å². The Labute approximate surface area is 384 Å². The second-order valence-corrected chi connectivity index (χ2v) is 15.9. The molecule has 66 heavy (non-hydrogen) atoms. The molecule has 1 aliphatic heterocycles. The maximum atomic E-state index is 14.1. The summed E-state index contributed by atoms with van der Waals surface area (Å²) in [5.74, 6) is -6.65. The Kier molecular flexibility index (Phi) is 23.6. The van der Waals surface area contributed by atoms with Crippen molar-refractivity contribution in [1.29, 1.82) is 0 Å². The van der Waals surface area contributed by atoms with Crippen molar-refractivity contribution in [2.75, 3.05) is 32.8 Å².